The van der Waals surface area contributed by atoms with Crippen molar-refractivity contribution in [1.29, 1.82) is 0 Å². The highest BCUT2D eigenvalue weighted by Crippen LogP contribution is 2.27. The summed E-state index contributed by atoms with van der Waals surface area (Å²) < 4.78 is 37.2. The van der Waals surface area contributed by atoms with Crippen molar-refractivity contribution < 1.29 is 27.5 Å². The highest BCUT2D eigenvalue weighted by atomic mass is 35.5. The summed E-state index contributed by atoms with van der Waals surface area (Å²) in [6, 6.07) is 10.1. The first-order valence-electron chi connectivity index (χ1n) is 8.71. The van der Waals surface area contributed by atoms with E-state index >= 15 is 0 Å². The second-order valence-electron chi connectivity index (χ2n) is 6.39. The molecule has 0 atom stereocenters. The SMILES string of the molecule is COc1ccc(Cl)cc1NC(=O)COC(=O)c1cccc(S(=O)(=O)NC2CC2)c1. The van der Waals surface area contributed by atoms with Crippen molar-refractivity contribution in [3.63, 3.8) is 0 Å². The molecule has 3 rings (SSSR count). The maximum atomic E-state index is 12.3. The molecule has 0 unspecified atom stereocenters. The van der Waals surface area contributed by atoms with Crippen LogP contribution in [0.25, 0.3) is 0 Å². The van der Waals surface area contributed by atoms with Crippen LogP contribution in [0.2, 0.25) is 5.02 Å². The average molecular weight is 439 g/mol. The maximum Gasteiger partial charge on any atom is 0.338 e. The lowest BCUT2D eigenvalue weighted by atomic mass is 10.2. The van der Waals surface area contributed by atoms with Crippen molar-refractivity contribution >= 4 is 39.2 Å². The first kappa shape index (κ1) is 21.1. The van der Waals surface area contributed by atoms with Crippen LogP contribution in [0, 0.1) is 0 Å². The fraction of sp³-hybridized carbons (Fsp3) is 0.263. The number of esters is 1. The third-order valence-electron chi connectivity index (χ3n) is 4.05. The van der Waals surface area contributed by atoms with Crippen LogP contribution in [-0.2, 0) is 19.6 Å². The molecule has 154 valence electrons. The summed E-state index contributed by atoms with van der Waals surface area (Å²) in [6.07, 6.45) is 1.60. The van der Waals surface area contributed by atoms with E-state index in [1.807, 2.05) is 0 Å². The van der Waals surface area contributed by atoms with Crippen molar-refractivity contribution in [1.82, 2.24) is 4.72 Å². The molecule has 2 aromatic rings. The molecule has 0 heterocycles. The lowest BCUT2D eigenvalue weighted by molar-refractivity contribution is -0.119. The van der Waals surface area contributed by atoms with Crippen LogP contribution in [0.5, 0.6) is 5.75 Å². The van der Waals surface area contributed by atoms with Crippen molar-refractivity contribution in [3.8, 4) is 5.75 Å². The Kier molecular flexibility index (Phi) is 6.41. The van der Waals surface area contributed by atoms with Gasteiger partial charge in [0.2, 0.25) is 10.0 Å². The molecule has 0 radical (unpaired) electrons. The number of methoxy groups -OCH3 is 1. The number of carbonyl (C=O) groups excluding carboxylic acids is 2. The van der Waals surface area contributed by atoms with Gasteiger partial charge in [-0.25, -0.2) is 17.9 Å². The zero-order chi connectivity index (χ0) is 21.0. The first-order chi connectivity index (χ1) is 13.8. The molecule has 10 heteroatoms. The van der Waals surface area contributed by atoms with E-state index in [9.17, 15) is 18.0 Å². The van der Waals surface area contributed by atoms with E-state index in [-0.39, 0.29) is 16.5 Å². The fourth-order valence-electron chi connectivity index (χ4n) is 2.46. The van der Waals surface area contributed by atoms with Crippen molar-refractivity contribution in [2.24, 2.45) is 0 Å². The average Bonchev–Trinajstić information content (AvgIpc) is 3.50. The van der Waals surface area contributed by atoms with Gasteiger partial charge in [0.15, 0.2) is 6.61 Å². The highest BCUT2D eigenvalue weighted by molar-refractivity contribution is 7.89. The normalized spacial score (nSPS) is 13.6. The molecule has 0 aliphatic heterocycles. The minimum atomic E-state index is -3.70. The number of carbonyl (C=O) groups is 2. The molecular formula is C19H19ClN2O6S. The minimum absolute atomic E-state index is 0.0248. The van der Waals surface area contributed by atoms with Gasteiger partial charge in [-0.2, -0.15) is 0 Å². The number of hydrogen-bond acceptors (Lipinski definition) is 6. The zero-order valence-corrected chi connectivity index (χ0v) is 17.0. The second kappa shape index (κ2) is 8.81. The Morgan fingerprint density at radius 1 is 1.17 bits per heavy atom. The van der Waals surface area contributed by atoms with Crippen LogP contribution in [-0.4, -0.2) is 40.1 Å². The maximum absolute atomic E-state index is 12.3. The molecule has 8 nitrogen and oxygen atoms in total. The lowest BCUT2D eigenvalue weighted by Gasteiger charge is -2.11. The Morgan fingerprint density at radius 2 is 1.93 bits per heavy atom. The van der Waals surface area contributed by atoms with Crippen molar-refractivity contribution in [2.45, 2.75) is 23.8 Å². The standard InChI is InChI=1S/C19H19ClN2O6S/c1-27-17-8-5-13(20)10-16(17)21-18(23)11-28-19(24)12-3-2-4-15(9-12)29(25,26)22-14-6-7-14/h2-5,8-10,14,22H,6-7,11H2,1H3,(H,21,23). The number of ether oxygens (including phenoxy) is 2. The van der Waals surface area contributed by atoms with Gasteiger partial charge in [-0.15, -0.1) is 0 Å². The smallest absolute Gasteiger partial charge is 0.338 e. The molecular weight excluding hydrogens is 420 g/mol. The molecule has 29 heavy (non-hydrogen) atoms. The molecule has 1 aliphatic carbocycles. The summed E-state index contributed by atoms with van der Waals surface area (Å²) in [7, 11) is -2.26. The van der Waals surface area contributed by atoms with Crippen LogP contribution in [0.4, 0.5) is 5.69 Å². The Labute approximate surface area is 173 Å². The Morgan fingerprint density at radius 3 is 2.62 bits per heavy atom. The van der Waals surface area contributed by atoms with Gasteiger partial charge in [0.25, 0.3) is 5.91 Å². The van der Waals surface area contributed by atoms with Gasteiger partial charge in [0.05, 0.1) is 23.3 Å². The second-order valence-corrected chi connectivity index (χ2v) is 8.54. The van der Waals surface area contributed by atoms with Crippen molar-refractivity contribution in [3.05, 3.63) is 53.1 Å². The molecule has 0 saturated heterocycles. The molecule has 1 aliphatic rings. The summed E-state index contributed by atoms with van der Waals surface area (Å²) >= 11 is 5.91. The summed E-state index contributed by atoms with van der Waals surface area (Å²) in [5, 5.41) is 2.94. The van der Waals surface area contributed by atoms with Crippen LogP contribution in [0.1, 0.15) is 23.2 Å². The van der Waals surface area contributed by atoms with Crippen molar-refractivity contribution in [2.75, 3.05) is 19.0 Å². The van der Waals surface area contributed by atoms with Crippen LogP contribution in [0.15, 0.2) is 47.4 Å². The topological polar surface area (TPSA) is 111 Å². The van der Waals surface area contributed by atoms with Crippen LogP contribution >= 0.6 is 11.6 Å². The van der Waals surface area contributed by atoms with E-state index in [1.54, 1.807) is 12.1 Å². The minimum Gasteiger partial charge on any atom is -0.495 e. The van der Waals surface area contributed by atoms with Crippen LogP contribution in [0.3, 0.4) is 0 Å². The molecule has 0 spiro atoms. The number of hydrogen-bond donors (Lipinski definition) is 2. The van der Waals surface area contributed by atoms with Gasteiger partial charge >= 0.3 is 5.97 Å². The molecule has 2 aromatic carbocycles. The molecule has 1 fully saturated rings. The predicted octanol–water partition coefficient (Wildman–Crippen LogP) is 2.58. The van der Waals surface area contributed by atoms with Gasteiger partial charge in [0.1, 0.15) is 5.75 Å². The number of amides is 1. The number of anilines is 1. The molecule has 0 bridgehead atoms. The predicted molar refractivity (Wildman–Crippen MR) is 107 cm³/mol. The summed E-state index contributed by atoms with van der Waals surface area (Å²) in [4.78, 5) is 24.3. The number of nitrogens with one attached hydrogen (secondary N) is 2. The van der Waals surface area contributed by atoms with E-state index in [4.69, 9.17) is 21.1 Å². The number of benzene rings is 2. The number of rotatable bonds is 8. The van der Waals surface area contributed by atoms with Gasteiger partial charge < -0.3 is 14.8 Å². The molecule has 1 saturated carbocycles. The summed E-state index contributed by atoms with van der Waals surface area (Å²) in [6.45, 7) is -0.564. The number of sulfonamides is 1. The molecule has 1 amide bonds. The van der Waals surface area contributed by atoms with E-state index in [2.05, 4.69) is 10.0 Å². The molecule has 2 N–H and O–H groups in total. The number of halogens is 1. The Bertz CT molecular complexity index is 1040. The van der Waals surface area contributed by atoms with E-state index in [1.165, 1.54) is 37.4 Å². The van der Waals surface area contributed by atoms with Gasteiger partial charge in [-0.3, -0.25) is 4.79 Å². The summed E-state index contributed by atoms with van der Waals surface area (Å²) in [5.74, 6) is -1.02. The van der Waals surface area contributed by atoms with E-state index < -0.39 is 28.5 Å². The first-order valence-corrected chi connectivity index (χ1v) is 10.6. The quantitative estimate of drug-likeness (QED) is 0.613. The van der Waals surface area contributed by atoms with Crippen LogP contribution < -0.4 is 14.8 Å². The fourth-order valence-corrected chi connectivity index (χ4v) is 3.98. The molecule has 0 aromatic heterocycles. The third kappa shape index (κ3) is 5.69. The third-order valence-corrected chi connectivity index (χ3v) is 5.80. The van der Waals surface area contributed by atoms with Gasteiger partial charge in [0, 0.05) is 11.1 Å². The summed E-state index contributed by atoms with van der Waals surface area (Å²) in [5.41, 5.74) is 0.358. The lowest BCUT2D eigenvalue weighted by Crippen LogP contribution is -2.26. The van der Waals surface area contributed by atoms with E-state index in [0.29, 0.717) is 16.5 Å². The zero-order valence-electron chi connectivity index (χ0n) is 15.5. The Balaban J connectivity index is 1.61. The van der Waals surface area contributed by atoms with E-state index in [0.717, 1.165) is 12.8 Å². The largest absolute Gasteiger partial charge is 0.495 e. The van der Waals surface area contributed by atoms with Gasteiger partial charge in [-0.1, -0.05) is 17.7 Å². The monoisotopic (exact) mass is 438 g/mol. The van der Waals surface area contributed by atoms with Gasteiger partial charge in [-0.05, 0) is 49.2 Å². The highest BCUT2D eigenvalue weighted by Gasteiger charge is 2.28. The Hall–Kier alpha value is -2.62.